The molecule has 1 aliphatic heterocycles. The Labute approximate surface area is 111 Å². The van der Waals surface area contributed by atoms with Crippen molar-refractivity contribution >= 4 is 21.5 Å². The fourth-order valence-corrected chi connectivity index (χ4v) is 2.75. The highest BCUT2D eigenvalue weighted by molar-refractivity contribution is 6.13. The van der Waals surface area contributed by atoms with Crippen LogP contribution in [0.25, 0.3) is 21.5 Å². The number of hydrogen-bond acceptors (Lipinski definition) is 2. The van der Waals surface area contributed by atoms with E-state index in [0.29, 0.717) is 13.2 Å². The molecular weight excluding hydrogens is 236 g/mol. The fraction of sp³-hybridized carbons (Fsp3) is 0.176. The monoisotopic (exact) mass is 250 g/mol. The third kappa shape index (κ3) is 1.64. The number of ether oxygens (including phenoxy) is 2. The van der Waals surface area contributed by atoms with Crippen LogP contribution in [-0.2, 0) is 0 Å². The zero-order valence-electron chi connectivity index (χ0n) is 10.6. The molecule has 2 heteroatoms. The smallest absolute Gasteiger partial charge is 0.127 e. The van der Waals surface area contributed by atoms with Gasteiger partial charge in [-0.25, -0.2) is 0 Å². The van der Waals surface area contributed by atoms with E-state index in [4.69, 9.17) is 9.47 Å². The van der Waals surface area contributed by atoms with E-state index in [-0.39, 0.29) is 0 Å². The molecule has 2 nitrogen and oxygen atoms in total. The van der Waals surface area contributed by atoms with Gasteiger partial charge in [0.05, 0.1) is 13.2 Å². The van der Waals surface area contributed by atoms with Crippen LogP contribution in [0, 0.1) is 0 Å². The van der Waals surface area contributed by atoms with Crippen molar-refractivity contribution in [2.45, 2.75) is 6.42 Å². The van der Waals surface area contributed by atoms with Gasteiger partial charge in [-0.3, -0.25) is 0 Å². The SMILES string of the molecule is c1cc2c3c(c1)ccc1cccc(c13)OCCCO2. The summed E-state index contributed by atoms with van der Waals surface area (Å²) in [6.45, 7) is 1.40. The summed E-state index contributed by atoms with van der Waals surface area (Å²) in [4.78, 5) is 0. The second-order valence-electron chi connectivity index (χ2n) is 4.82. The van der Waals surface area contributed by atoms with Crippen molar-refractivity contribution in [3.63, 3.8) is 0 Å². The van der Waals surface area contributed by atoms with Crippen LogP contribution in [0.5, 0.6) is 11.5 Å². The fourth-order valence-electron chi connectivity index (χ4n) is 2.75. The summed E-state index contributed by atoms with van der Waals surface area (Å²) in [6.07, 6.45) is 0.904. The van der Waals surface area contributed by atoms with Gasteiger partial charge in [-0.1, -0.05) is 36.4 Å². The van der Waals surface area contributed by atoms with Gasteiger partial charge in [-0.15, -0.1) is 0 Å². The first-order chi connectivity index (χ1) is 9.43. The second-order valence-corrected chi connectivity index (χ2v) is 4.82. The molecule has 3 aromatic carbocycles. The van der Waals surface area contributed by atoms with Crippen molar-refractivity contribution in [2.75, 3.05) is 13.2 Å². The molecule has 0 atom stereocenters. The molecule has 0 bridgehead atoms. The molecule has 1 heterocycles. The Bertz CT molecular complexity index is 697. The minimum Gasteiger partial charge on any atom is -0.493 e. The molecule has 0 amide bonds. The van der Waals surface area contributed by atoms with E-state index < -0.39 is 0 Å². The number of hydrogen-bond donors (Lipinski definition) is 0. The maximum absolute atomic E-state index is 5.92. The molecule has 0 unspecified atom stereocenters. The van der Waals surface area contributed by atoms with Crippen molar-refractivity contribution in [2.24, 2.45) is 0 Å². The first-order valence-corrected chi connectivity index (χ1v) is 6.63. The molecule has 0 spiro atoms. The molecule has 0 aromatic heterocycles. The van der Waals surface area contributed by atoms with E-state index >= 15 is 0 Å². The minimum absolute atomic E-state index is 0.698. The first kappa shape index (κ1) is 10.7. The Morgan fingerprint density at radius 1 is 0.632 bits per heavy atom. The molecule has 0 saturated carbocycles. The van der Waals surface area contributed by atoms with Crippen LogP contribution in [0.2, 0.25) is 0 Å². The summed E-state index contributed by atoms with van der Waals surface area (Å²) < 4.78 is 11.8. The van der Waals surface area contributed by atoms with Crippen molar-refractivity contribution in [1.82, 2.24) is 0 Å². The molecule has 0 fully saturated rings. The lowest BCUT2D eigenvalue weighted by Gasteiger charge is -2.11. The van der Waals surface area contributed by atoms with Crippen LogP contribution in [0.4, 0.5) is 0 Å². The summed E-state index contributed by atoms with van der Waals surface area (Å²) in [5.74, 6) is 1.92. The number of rotatable bonds is 0. The average molecular weight is 250 g/mol. The van der Waals surface area contributed by atoms with E-state index in [1.807, 2.05) is 24.3 Å². The van der Waals surface area contributed by atoms with Crippen molar-refractivity contribution in [3.8, 4) is 11.5 Å². The Kier molecular flexibility index (Phi) is 2.34. The summed E-state index contributed by atoms with van der Waals surface area (Å²) in [6, 6.07) is 16.7. The Morgan fingerprint density at radius 2 is 1.16 bits per heavy atom. The largest absolute Gasteiger partial charge is 0.493 e. The summed E-state index contributed by atoms with van der Waals surface area (Å²) >= 11 is 0. The number of benzene rings is 3. The van der Waals surface area contributed by atoms with Gasteiger partial charge in [0.1, 0.15) is 11.5 Å². The van der Waals surface area contributed by atoms with Gasteiger partial charge in [-0.2, -0.15) is 0 Å². The van der Waals surface area contributed by atoms with Crippen LogP contribution >= 0.6 is 0 Å². The van der Waals surface area contributed by atoms with Crippen LogP contribution < -0.4 is 9.47 Å². The molecule has 94 valence electrons. The highest BCUT2D eigenvalue weighted by Gasteiger charge is 2.12. The normalized spacial score (nSPS) is 14.5. The van der Waals surface area contributed by atoms with Gasteiger partial charge in [0.15, 0.2) is 0 Å². The molecular formula is C17H14O2. The summed E-state index contributed by atoms with van der Waals surface area (Å²) in [7, 11) is 0. The highest BCUT2D eigenvalue weighted by atomic mass is 16.5. The van der Waals surface area contributed by atoms with Crippen molar-refractivity contribution < 1.29 is 9.47 Å². The van der Waals surface area contributed by atoms with E-state index in [2.05, 4.69) is 24.3 Å². The van der Waals surface area contributed by atoms with Gasteiger partial charge >= 0.3 is 0 Å². The average Bonchev–Trinajstić information content (AvgIpc) is 2.55. The van der Waals surface area contributed by atoms with E-state index in [1.165, 1.54) is 10.8 Å². The zero-order chi connectivity index (χ0) is 12.7. The van der Waals surface area contributed by atoms with Gasteiger partial charge in [-0.05, 0) is 22.9 Å². The van der Waals surface area contributed by atoms with E-state index in [0.717, 1.165) is 28.7 Å². The summed E-state index contributed by atoms with van der Waals surface area (Å²) in [5.41, 5.74) is 0. The molecule has 1 aliphatic rings. The predicted octanol–water partition coefficient (Wildman–Crippen LogP) is 4.15. The maximum Gasteiger partial charge on any atom is 0.127 e. The third-order valence-corrected chi connectivity index (χ3v) is 3.61. The topological polar surface area (TPSA) is 18.5 Å². The second kappa shape index (κ2) is 4.16. The highest BCUT2D eigenvalue weighted by Crippen LogP contribution is 2.38. The van der Waals surface area contributed by atoms with Gasteiger partial charge < -0.3 is 9.47 Å². The molecule has 0 radical (unpaired) electrons. The zero-order valence-corrected chi connectivity index (χ0v) is 10.6. The van der Waals surface area contributed by atoms with E-state index in [1.54, 1.807) is 0 Å². The lowest BCUT2D eigenvalue weighted by atomic mass is 10.0. The molecule has 0 N–H and O–H groups in total. The minimum atomic E-state index is 0.698. The van der Waals surface area contributed by atoms with Gasteiger partial charge in [0, 0.05) is 17.2 Å². The summed E-state index contributed by atoms with van der Waals surface area (Å²) in [5, 5.41) is 4.72. The molecule has 3 aromatic rings. The van der Waals surface area contributed by atoms with Crippen LogP contribution in [0.1, 0.15) is 6.42 Å². The predicted molar refractivity (Wildman–Crippen MR) is 77.1 cm³/mol. The molecule has 4 rings (SSSR count). The lowest BCUT2D eigenvalue weighted by Crippen LogP contribution is -2.03. The Morgan fingerprint density at radius 3 is 1.68 bits per heavy atom. The third-order valence-electron chi connectivity index (χ3n) is 3.61. The van der Waals surface area contributed by atoms with Crippen LogP contribution in [0.15, 0.2) is 48.5 Å². The standard InChI is InChI=1S/C17H14O2/c1-4-12-8-9-13-5-2-7-15-17(13)16(12)14(6-1)18-10-3-11-19-15/h1-2,4-9H,3,10-11H2. The Hall–Kier alpha value is -2.22. The quantitative estimate of drug-likeness (QED) is 0.558. The first-order valence-electron chi connectivity index (χ1n) is 6.63. The molecule has 19 heavy (non-hydrogen) atoms. The lowest BCUT2D eigenvalue weighted by molar-refractivity contribution is 0.253. The maximum atomic E-state index is 5.92. The molecule has 0 aliphatic carbocycles. The molecule has 0 saturated heterocycles. The van der Waals surface area contributed by atoms with E-state index in [9.17, 15) is 0 Å². The van der Waals surface area contributed by atoms with Crippen LogP contribution in [-0.4, -0.2) is 13.2 Å². The van der Waals surface area contributed by atoms with Gasteiger partial charge in [0.25, 0.3) is 0 Å². The van der Waals surface area contributed by atoms with Crippen molar-refractivity contribution in [1.29, 1.82) is 0 Å². The van der Waals surface area contributed by atoms with Crippen LogP contribution in [0.3, 0.4) is 0 Å². The van der Waals surface area contributed by atoms with Crippen molar-refractivity contribution in [3.05, 3.63) is 48.5 Å². The van der Waals surface area contributed by atoms with Gasteiger partial charge in [0.2, 0.25) is 0 Å². The Balaban J connectivity index is 2.22.